The molecular weight excluding hydrogens is 235 g/mol. The molecule has 18 heavy (non-hydrogen) atoms. The van der Waals surface area contributed by atoms with E-state index in [1.165, 1.54) is 4.90 Å². The molecule has 5 heteroatoms. The molecular formula is C13H25FN2O2. The first-order chi connectivity index (χ1) is 8.26. The molecule has 0 radical (unpaired) electrons. The number of hydrogen-bond acceptors (Lipinski definition) is 3. The van der Waals surface area contributed by atoms with E-state index >= 15 is 0 Å². The maximum atomic E-state index is 14.5. The summed E-state index contributed by atoms with van der Waals surface area (Å²) in [5.41, 5.74) is 3.58. The third-order valence-electron chi connectivity index (χ3n) is 3.01. The van der Waals surface area contributed by atoms with Crippen molar-refractivity contribution in [3.05, 3.63) is 0 Å². The van der Waals surface area contributed by atoms with Gasteiger partial charge in [0.2, 0.25) is 0 Å². The zero-order valence-electron chi connectivity index (χ0n) is 11.7. The largest absolute Gasteiger partial charge is 0.444 e. The van der Waals surface area contributed by atoms with Crippen molar-refractivity contribution in [2.45, 2.75) is 57.7 Å². The number of alkyl halides is 1. The molecule has 0 aromatic rings. The Hall–Kier alpha value is -0.840. The average Bonchev–Trinajstić information content (AvgIpc) is 2.24. The fourth-order valence-electron chi connectivity index (χ4n) is 2.19. The van der Waals surface area contributed by atoms with Gasteiger partial charge in [0.15, 0.2) is 0 Å². The molecule has 1 atom stereocenters. The number of ether oxygens (including phenoxy) is 1. The van der Waals surface area contributed by atoms with Crippen LogP contribution >= 0.6 is 0 Å². The van der Waals surface area contributed by atoms with Crippen LogP contribution in [0.15, 0.2) is 0 Å². The van der Waals surface area contributed by atoms with Gasteiger partial charge in [-0.15, -0.1) is 0 Å². The number of rotatable bonds is 3. The van der Waals surface area contributed by atoms with Gasteiger partial charge in [-0.05, 0) is 53.0 Å². The van der Waals surface area contributed by atoms with Gasteiger partial charge in [-0.25, -0.2) is 9.18 Å². The summed E-state index contributed by atoms with van der Waals surface area (Å²) in [6.07, 6.45) is 1.84. The monoisotopic (exact) mass is 260 g/mol. The van der Waals surface area contributed by atoms with Crippen LogP contribution in [-0.4, -0.2) is 41.9 Å². The van der Waals surface area contributed by atoms with Crippen LogP contribution in [0, 0.1) is 0 Å². The molecule has 0 spiro atoms. The number of hydrogen-bond donors (Lipinski definition) is 1. The van der Waals surface area contributed by atoms with Gasteiger partial charge in [-0.2, -0.15) is 0 Å². The molecule has 1 aliphatic heterocycles. The number of piperidine rings is 1. The fourth-order valence-corrected chi connectivity index (χ4v) is 2.19. The molecule has 0 aromatic carbocycles. The molecule has 106 valence electrons. The van der Waals surface area contributed by atoms with E-state index in [0.29, 0.717) is 38.8 Å². The minimum Gasteiger partial charge on any atom is -0.444 e. The van der Waals surface area contributed by atoms with Gasteiger partial charge >= 0.3 is 6.09 Å². The van der Waals surface area contributed by atoms with Crippen molar-refractivity contribution in [3.8, 4) is 0 Å². The molecule has 1 unspecified atom stereocenters. The Bertz CT molecular complexity index is 291. The Balaban J connectivity index is 2.55. The van der Waals surface area contributed by atoms with Crippen LogP contribution in [0.5, 0.6) is 0 Å². The topological polar surface area (TPSA) is 55.6 Å². The minimum absolute atomic E-state index is 0.127. The average molecular weight is 260 g/mol. The van der Waals surface area contributed by atoms with Gasteiger partial charge in [0.1, 0.15) is 11.3 Å². The van der Waals surface area contributed by atoms with E-state index in [9.17, 15) is 9.18 Å². The second-order valence-corrected chi connectivity index (χ2v) is 6.05. The number of likely N-dealkylation sites (tertiary alicyclic amines) is 1. The highest BCUT2D eigenvalue weighted by Crippen LogP contribution is 2.30. The Morgan fingerprint density at radius 1 is 1.50 bits per heavy atom. The van der Waals surface area contributed by atoms with E-state index in [-0.39, 0.29) is 6.54 Å². The van der Waals surface area contributed by atoms with Crippen LogP contribution < -0.4 is 5.73 Å². The lowest BCUT2D eigenvalue weighted by atomic mass is 9.90. The number of carbonyl (C=O) groups excluding carboxylic acids is 1. The fraction of sp³-hybridized carbons (Fsp3) is 0.923. The maximum absolute atomic E-state index is 14.5. The highest BCUT2D eigenvalue weighted by molar-refractivity contribution is 5.68. The summed E-state index contributed by atoms with van der Waals surface area (Å²) >= 11 is 0. The molecule has 1 saturated heterocycles. The molecule has 0 saturated carbocycles. The van der Waals surface area contributed by atoms with Crippen LogP contribution in [0.3, 0.4) is 0 Å². The van der Waals surface area contributed by atoms with Crippen LogP contribution in [0.4, 0.5) is 9.18 Å². The lowest BCUT2D eigenvalue weighted by Crippen LogP contribution is -2.49. The first-order valence-corrected chi connectivity index (χ1v) is 6.63. The van der Waals surface area contributed by atoms with Crippen molar-refractivity contribution in [1.82, 2.24) is 4.90 Å². The van der Waals surface area contributed by atoms with Gasteiger partial charge in [0, 0.05) is 6.54 Å². The quantitative estimate of drug-likeness (QED) is 0.848. The number of nitrogens with zero attached hydrogens (tertiary/aromatic N) is 1. The van der Waals surface area contributed by atoms with Crippen LogP contribution in [0.1, 0.15) is 46.5 Å². The standard InChI is InChI=1S/C13H25FN2O2/c1-12(2,3)18-11(17)16-9-5-7-13(14,10-16)6-4-8-15/h4-10,15H2,1-3H3. The summed E-state index contributed by atoms with van der Waals surface area (Å²) in [4.78, 5) is 13.4. The first-order valence-electron chi connectivity index (χ1n) is 6.63. The predicted molar refractivity (Wildman–Crippen MR) is 69.2 cm³/mol. The van der Waals surface area contributed by atoms with Crippen molar-refractivity contribution < 1.29 is 13.9 Å². The molecule has 2 N–H and O–H groups in total. The van der Waals surface area contributed by atoms with Crippen molar-refractivity contribution in [3.63, 3.8) is 0 Å². The van der Waals surface area contributed by atoms with E-state index in [0.717, 1.165) is 0 Å². The second kappa shape index (κ2) is 5.87. The normalized spacial score (nSPS) is 25.1. The zero-order valence-corrected chi connectivity index (χ0v) is 11.7. The van der Waals surface area contributed by atoms with Crippen molar-refractivity contribution in [2.24, 2.45) is 5.73 Å². The predicted octanol–water partition coefficient (Wildman–Crippen LogP) is 2.46. The number of nitrogens with two attached hydrogens (primary N) is 1. The van der Waals surface area contributed by atoms with Gasteiger partial charge in [-0.3, -0.25) is 0 Å². The first kappa shape index (κ1) is 15.2. The summed E-state index contributed by atoms with van der Waals surface area (Å²) in [6.45, 7) is 6.62. The smallest absolute Gasteiger partial charge is 0.410 e. The highest BCUT2D eigenvalue weighted by atomic mass is 19.1. The SMILES string of the molecule is CC(C)(C)OC(=O)N1CCCC(F)(CCCN)C1. The Morgan fingerprint density at radius 3 is 2.72 bits per heavy atom. The zero-order chi connectivity index (χ0) is 13.8. The van der Waals surface area contributed by atoms with Crippen molar-refractivity contribution >= 4 is 6.09 Å². The molecule has 1 fully saturated rings. The van der Waals surface area contributed by atoms with Crippen molar-refractivity contribution in [2.75, 3.05) is 19.6 Å². The van der Waals surface area contributed by atoms with Gasteiger partial charge in [-0.1, -0.05) is 0 Å². The summed E-state index contributed by atoms with van der Waals surface area (Å²) in [5, 5.41) is 0. The molecule has 1 amide bonds. The second-order valence-electron chi connectivity index (χ2n) is 6.05. The number of halogens is 1. The lowest BCUT2D eigenvalue weighted by Gasteiger charge is -2.38. The van der Waals surface area contributed by atoms with E-state index in [1.54, 1.807) is 0 Å². The van der Waals surface area contributed by atoms with Crippen LogP contribution in [0.25, 0.3) is 0 Å². The molecule has 0 aromatic heterocycles. The summed E-state index contributed by atoms with van der Waals surface area (Å²) in [5.74, 6) is 0. The highest BCUT2D eigenvalue weighted by Gasteiger charge is 2.37. The van der Waals surface area contributed by atoms with Gasteiger partial charge in [0.25, 0.3) is 0 Å². The Morgan fingerprint density at radius 2 is 2.17 bits per heavy atom. The summed E-state index contributed by atoms with van der Waals surface area (Å²) in [7, 11) is 0. The maximum Gasteiger partial charge on any atom is 0.410 e. The third-order valence-corrected chi connectivity index (χ3v) is 3.01. The number of carbonyl (C=O) groups is 1. The van der Waals surface area contributed by atoms with Crippen LogP contribution in [-0.2, 0) is 4.74 Å². The summed E-state index contributed by atoms with van der Waals surface area (Å²) in [6, 6.07) is 0. The number of amides is 1. The molecule has 1 heterocycles. The molecule has 0 bridgehead atoms. The van der Waals surface area contributed by atoms with Gasteiger partial charge < -0.3 is 15.4 Å². The van der Waals surface area contributed by atoms with E-state index < -0.39 is 17.4 Å². The molecule has 1 aliphatic rings. The van der Waals surface area contributed by atoms with E-state index in [1.807, 2.05) is 20.8 Å². The lowest BCUT2D eigenvalue weighted by molar-refractivity contribution is -0.00788. The molecule has 0 aliphatic carbocycles. The van der Waals surface area contributed by atoms with Crippen LogP contribution in [0.2, 0.25) is 0 Å². The Labute approximate surface area is 109 Å². The Kier molecular flexibility index (Phi) is 4.96. The van der Waals surface area contributed by atoms with Gasteiger partial charge in [0.05, 0.1) is 6.54 Å². The third kappa shape index (κ3) is 4.80. The minimum atomic E-state index is -1.30. The van der Waals surface area contributed by atoms with E-state index in [2.05, 4.69) is 0 Å². The van der Waals surface area contributed by atoms with Crippen molar-refractivity contribution in [1.29, 1.82) is 0 Å². The summed E-state index contributed by atoms with van der Waals surface area (Å²) < 4.78 is 19.8. The van der Waals surface area contributed by atoms with E-state index in [4.69, 9.17) is 10.5 Å². The molecule has 1 rings (SSSR count). The molecule has 4 nitrogen and oxygen atoms in total.